The fourth-order valence-electron chi connectivity index (χ4n) is 5.15. The van der Waals surface area contributed by atoms with E-state index in [4.69, 9.17) is 0 Å². The Hall–Kier alpha value is -3.91. The number of carbonyl (C=O) groups is 1. The third kappa shape index (κ3) is 5.15. The normalized spacial score (nSPS) is 13.1. The molecule has 8 heteroatoms. The summed E-state index contributed by atoms with van der Waals surface area (Å²) in [4.78, 5) is 13.8. The summed E-state index contributed by atoms with van der Waals surface area (Å²) in [7, 11) is 0. The first kappa shape index (κ1) is 24.8. The molecule has 2 atom stereocenters. The summed E-state index contributed by atoms with van der Waals surface area (Å²) in [6.07, 6.45) is 3.56. The van der Waals surface area contributed by atoms with Gasteiger partial charge in [-0.3, -0.25) is 4.79 Å². The van der Waals surface area contributed by atoms with Gasteiger partial charge < -0.3 is 5.32 Å². The number of fused-ring (bicyclic) bond motifs is 1. The molecular formula is C29H28FN5OS. The lowest BCUT2D eigenvalue weighted by Gasteiger charge is -2.32. The fraction of sp³-hybridized carbons (Fsp3) is 0.241. The molecule has 6 nitrogen and oxygen atoms in total. The summed E-state index contributed by atoms with van der Waals surface area (Å²) in [6.45, 7) is 4.27. The number of nitrogens with zero attached hydrogens (tertiary/aromatic N) is 4. The van der Waals surface area contributed by atoms with Gasteiger partial charge in [0.05, 0.1) is 23.3 Å². The molecule has 0 radical (unpaired) electrons. The second-order valence-electron chi connectivity index (χ2n) is 9.07. The number of halogens is 1. The van der Waals surface area contributed by atoms with Crippen LogP contribution in [-0.4, -0.2) is 25.9 Å². The summed E-state index contributed by atoms with van der Waals surface area (Å²) in [6, 6.07) is 22.7. The van der Waals surface area contributed by atoms with Gasteiger partial charge >= 0.3 is 0 Å². The van der Waals surface area contributed by atoms with Gasteiger partial charge in [-0.25, -0.2) is 9.07 Å². The van der Waals surface area contributed by atoms with E-state index in [1.54, 1.807) is 22.3 Å². The Morgan fingerprint density at radius 1 is 1.00 bits per heavy atom. The summed E-state index contributed by atoms with van der Waals surface area (Å²) in [5.41, 5.74) is 5.44. The van der Waals surface area contributed by atoms with E-state index in [2.05, 4.69) is 58.7 Å². The van der Waals surface area contributed by atoms with Gasteiger partial charge in [0.15, 0.2) is 0 Å². The first-order chi connectivity index (χ1) is 18.1. The Kier molecular flexibility index (Phi) is 7.37. The number of benzene rings is 3. The van der Waals surface area contributed by atoms with Crippen molar-refractivity contribution in [3.05, 3.63) is 101 Å². The van der Waals surface area contributed by atoms with Crippen LogP contribution in [0.4, 0.5) is 9.52 Å². The number of amides is 1. The van der Waals surface area contributed by atoms with Crippen LogP contribution in [0.3, 0.4) is 0 Å². The smallest absolute Gasteiger partial charge is 0.230 e. The van der Waals surface area contributed by atoms with Crippen LogP contribution in [0.5, 0.6) is 0 Å². The molecule has 0 spiro atoms. The van der Waals surface area contributed by atoms with Gasteiger partial charge in [-0.1, -0.05) is 74.4 Å². The summed E-state index contributed by atoms with van der Waals surface area (Å²) >= 11 is 1.31. The minimum atomic E-state index is -0.314. The molecule has 188 valence electrons. The molecule has 0 bridgehead atoms. The maximum Gasteiger partial charge on any atom is 0.230 e. The second-order valence-corrected chi connectivity index (χ2v) is 9.91. The summed E-state index contributed by atoms with van der Waals surface area (Å²) < 4.78 is 15.3. The van der Waals surface area contributed by atoms with Gasteiger partial charge in [0.25, 0.3) is 0 Å². The van der Waals surface area contributed by atoms with E-state index in [9.17, 15) is 9.18 Å². The minimum Gasteiger partial charge on any atom is -0.300 e. The van der Waals surface area contributed by atoms with Crippen molar-refractivity contribution in [1.82, 2.24) is 20.0 Å². The van der Waals surface area contributed by atoms with Crippen molar-refractivity contribution in [1.29, 1.82) is 0 Å². The Balaban J connectivity index is 1.60. The lowest BCUT2D eigenvalue weighted by atomic mass is 9.72. The molecule has 0 aliphatic carbocycles. The molecule has 2 heterocycles. The second kappa shape index (κ2) is 11.0. The number of rotatable bonds is 9. The maximum absolute atomic E-state index is 13.8. The molecule has 1 N–H and O–H groups in total. The molecule has 0 aliphatic heterocycles. The number of anilines is 1. The van der Waals surface area contributed by atoms with Crippen LogP contribution >= 0.6 is 11.3 Å². The Morgan fingerprint density at radius 3 is 2.43 bits per heavy atom. The molecule has 0 saturated carbocycles. The molecule has 0 aliphatic rings. The molecule has 5 rings (SSSR count). The van der Waals surface area contributed by atoms with Crippen molar-refractivity contribution in [2.75, 3.05) is 5.32 Å². The van der Waals surface area contributed by atoms with Crippen molar-refractivity contribution in [3.63, 3.8) is 0 Å². The largest absolute Gasteiger partial charge is 0.300 e. The van der Waals surface area contributed by atoms with E-state index in [-0.39, 0.29) is 29.5 Å². The molecular weight excluding hydrogens is 485 g/mol. The lowest BCUT2D eigenvalue weighted by molar-refractivity contribution is -0.122. The molecule has 2 unspecified atom stereocenters. The molecule has 1 amide bonds. The monoisotopic (exact) mass is 513 g/mol. The van der Waals surface area contributed by atoms with Crippen molar-refractivity contribution in [3.8, 4) is 5.69 Å². The SMILES string of the molecule is CCC(CC)C(C(=O)Nc1nncs1)C(c1ccccc1)c1ccc2c(cnn2-c2ccc(F)cc2)c1. The highest BCUT2D eigenvalue weighted by Crippen LogP contribution is 2.40. The standard InChI is InChI=1S/C29H28FN5OS/c1-3-19(4-2)27(28(36)33-29-34-31-18-37-29)26(20-8-6-5-7-9-20)21-10-15-25-22(16-21)17-32-35(25)24-13-11-23(30)12-14-24/h5-19,26-27H,3-4H2,1-2H3,(H,33,34,36). The average Bonchev–Trinajstić information content (AvgIpc) is 3.59. The van der Waals surface area contributed by atoms with E-state index in [1.807, 2.05) is 30.5 Å². The zero-order valence-corrected chi connectivity index (χ0v) is 21.5. The Bertz CT molecular complexity index is 1460. The van der Waals surface area contributed by atoms with E-state index in [0.717, 1.165) is 40.6 Å². The Labute approximate surface area is 219 Å². The highest BCUT2D eigenvalue weighted by molar-refractivity contribution is 7.13. The molecule has 0 fully saturated rings. The topological polar surface area (TPSA) is 72.7 Å². The van der Waals surface area contributed by atoms with Gasteiger partial charge in [-0.05, 0) is 53.4 Å². The first-order valence-corrected chi connectivity index (χ1v) is 13.3. The predicted octanol–water partition coefficient (Wildman–Crippen LogP) is 6.84. The van der Waals surface area contributed by atoms with Crippen LogP contribution in [0.2, 0.25) is 0 Å². The number of aromatic nitrogens is 4. The zero-order chi connectivity index (χ0) is 25.8. The van der Waals surface area contributed by atoms with Crippen LogP contribution < -0.4 is 5.32 Å². The van der Waals surface area contributed by atoms with E-state index in [0.29, 0.717) is 5.13 Å². The zero-order valence-electron chi connectivity index (χ0n) is 20.7. The van der Waals surface area contributed by atoms with Crippen LogP contribution in [0, 0.1) is 17.7 Å². The van der Waals surface area contributed by atoms with Gasteiger partial charge in [-0.15, -0.1) is 10.2 Å². The van der Waals surface area contributed by atoms with Gasteiger partial charge in [0.1, 0.15) is 11.3 Å². The quantitative estimate of drug-likeness (QED) is 0.234. The highest BCUT2D eigenvalue weighted by atomic mass is 32.1. The summed E-state index contributed by atoms with van der Waals surface area (Å²) in [5.74, 6) is -0.659. The van der Waals surface area contributed by atoms with Crippen molar-refractivity contribution >= 4 is 33.3 Å². The molecule has 2 aromatic heterocycles. The maximum atomic E-state index is 13.8. The van der Waals surface area contributed by atoms with Crippen molar-refractivity contribution < 1.29 is 9.18 Å². The van der Waals surface area contributed by atoms with Crippen molar-refractivity contribution in [2.24, 2.45) is 11.8 Å². The third-order valence-electron chi connectivity index (χ3n) is 6.99. The van der Waals surface area contributed by atoms with Gasteiger partial charge in [0.2, 0.25) is 11.0 Å². The van der Waals surface area contributed by atoms with E-state index in [1.165, 1.54) is 23.5 Å². The molecule has 3 aromatic carbocycles. The first-order valence-electron chi connectivity index (χ1n) is 12.4. The Morgan fingerprint density at radius 2 is 1.76 bits per heavy atom. The number of carbonyl (C=O) groups excluding carboxylic acids is 1. The van der Waals surface area contributed by atoms with E-state index < -0.39 is 0 Å². The van der Waals surface area contributed by atoms with Gasteiger partial charge in [-0.2, -0.15) is 5.10 Å². The fourth-order valence-corrected chi connectivity index (χ4v) is 5.60. The third-order valence-corrected chi connectivity index (χ3v) is 7.60. The van der Waals surface area contributed by atoms with Crippen LogP contribution in [-0.2, 0) is 4.79 Å². The predicted molar refractivity (Wildman–Crippen MR) is 145 cm³/mol. The molecule has 5 aromatic rings. The molecule has 0 saturated heterocycles. The minimum absolute atomic E-state index is 0.0543. The van der Waals surface area contributed by atoms with Crippen LogP contribution in [0.1, 0.15) is 43.7 Å². The highest BCUT2D eigenvalue weighted by Gasteiger charge is 2.36. The number of hydrogen-bond acceptors (Lipinski definition) is 5. The lowest BCUT2D eigenvalue weighted by Crippen LogP contribution is -2.34. The van der Waals surface area contributed by atoms with Gasteiger partial charge in [0, 0.05) is 11.3 Å². The van der Waals surface area contributed by atoms with Crippen LogP contribution in [0.15, 0.2) is 84.5 Å². The number of hydrogen-bond donors (Lipinski definition) is 1. The average molecular weight is 514 g/mol. The van der Waals surface area contributed by atoms with Crippen LogP contribution in [0.25, 0.3) is 16.6 Å². The number of nitrogens with one attached hydrogen (secondary N) is 1. The molecule has 37 heavy (non-hydrogen) atoms. The van der Waals surface area contributed by atoms with E-state index >= 15 is 0 Å². The summed E-state index contributed by atoms with van der Waals surface area (Å²) in [5, 5.41) is 16.9. The van der Waals surface area contributed by atoms with Crippen molar-refractivity contribution in [2.45, 2.75) is 32.6 Å².